The molecule has 0 radical (unpaired) electrons. The number of amides is 1. The molecule has 0 spiro atoms. The van der Waals surface area contributed by atoms with Gasteiger partial charge in [-0.3, -0.25) is 9.59 Å². The monoisotopic (exact) mass is 518 g/mol. The number of aliphatic hydroxyl groups excluding tert-OH is 1. The fourth-order valence-electron chi connectivity index (χ4n) is 4.64. The van der Waals surface area contributed by atoms with Crippen LogP contribution in [0.15, 0.2) is 53.0 Å². The fourth-order valence-corrected chi connectivity index (χ4v) is 4.64. The number of carbonyl (C=O) groups excluding carboxylic acids is 2. The SMILES string of the molecule is CCCN(CCCO)C(=O)C1=Cc2ccc(-c3ccc(CC(=O)CCCCN(C)C)cc3)cc2N=C(N)C1. The lowest BCUT2D eigenvalue weighted by Gasteiger charge is -2.23. The second-order valence-electron chi connectivity index (χ2n) is 10.3. The summed E-state index contributed by atoms with van der Waals surface area (Å²) >= 11 is 0. The number of aliphatic hydroxyl groups is 1. The Morgan fingerprint density at radius 1 is 0.974 bits per heavy atom. The van der Waals surface area contributed by atoms with E-state index in [4.69, 9.17) is 5.73 Å². The summed E-state index contributed by atoms with van der Waals surface area (Å²) in [4.78, 5) is 34.1. The predicted molar refractivity (Wildman–Crippen MR) is 155 cm³/mol. The number of carbonyl (C=O) groups is 2. The summed E-state index contributed by atoms with van der Waals surface area (Å²) in [6.45, 7) is 4.24. The van der Waals surface area contributed by atoms with Crippen LogP contribution < -0.4 is 5.73 Å². The molecule has 0 aliphatic carbocycles. The largest absolute Gasteiger partial charge is 0.396 e. The van der Waals surface area contributed by atoms with Crippen molar-refractivity contribution in [2.24, 2.45) is 10.7 Å². The van der Waals surface area contributed by atoms with Crippen LogP contribution in [-0.2, 0) is 16.0 Å². The van der Waals surface area contributed by atoms with Gasteiger partial charge in [-0.1, -0.05) is 43.3 Å². The van der Waals surface area contributed by atoms with E-state index in [0.29, 0.717) is 50.2 Å². The molecule has 3 N–H and O–H groups in total. The Morgan fingerprint density at radius 2 is 1.71 bits per heavy atom. The number of ketones is 1. The van der Waals surface area contributed by atoms with Gasteiger partial charge in [0, 0.05) is 50.1 Å². The number of fused-ring (bicyclic) bond motifs is 1. The van der Waals surface area contributed by atoms with Gasteiger partial charge >= 0.3 is 0 Å². The molecular formula is C31H42N4O3. The van der Waals surface area contributed by atoms with Crippen LogP contribution in [0.25, 0.3) is 17.2 Å². The Labute approximate surface area is 227 Å². The first kappa shape index (κ1) is 29.3. The van der Waals surface area contributed by atoms with Crippen LogP contribution in [0.3, 0.4) is 0 Å². The molecule has 0 fully saturated rings. The van der Waals surface area contributed by atoms with Crippen molar-refractivity contribution in [2.75, 3.05) is 40.3 Å². The number of aliphatic imine (C=N–C) groups is 1. The van der Waals surface area contributed by atoms with E-state index in [-0.39, 0.29) is 18.3 Å². The maximum absolute atomic E-state index is 13.2. The smallest absolute Gasteiger partial charge is 0.250 e. The predicted octanol–water partition coefficient (Wildman–Crippen LogP) is 4.59. The van der Waals surface area contributed by atoms with Crippen molar-refractivity contribution in [1.82, 2.24) is 9.80 Å². The highest BCUT2D eigenvalue weighted by Gasteiger charge is 2.21. The summed E-state index contributed by atoms with van der Waals surface area (Å²) in [6.07, 6.45) is 6.62. The van der Waals surface area contributed by atoms with Crippen molar-refractivity contribution in [1.29, 1.82) is 0 Å². The molecule has 2 aromatic rings. The summed E-state index contributed by atoms with van der Waals surface area (Å²) < 4.78 is 0. The molecule has 1 aliphatic rings. The number of hydrogen-bond acceptors (Lipinski definition) is 6. The van der Waals surface area contributed by atoms with Crippen LogP contribution in [0.1, 0.15) is 56.6 Å². The van der Waals surface area contributed by atoms with E-state index in [1.807, 2.05) is 69.6 Å². The van der Waals surface area contributed by atoms with Crippen molar-refractivity contribution in [3.05, 3.63) is 59.2 Å². The Kier molecular flexibility index (Phi) is 11.2. The molecule has 204 valence electrons. The highest BCUT2D eigenvalue weighted by Crippen LogP contribution is 2.32. The van der Waals surface area contributed by atoms with Gasteiger partial charge in [0.25, 0.3) is 0 Å². The van der Waals surface area contributed by atoms with Gasteiger partial charge in [-0.25, -0.2) is 4.99 Å². The van der Waals surface area contributed by atoms with E-state index in [2.05, 4.69) is 9.89 Å². The van der Waals surface area contributed by atoms with Crippen molar-refractivity contribution in [3.63, 3.8) is 0 Å². The lowest BCUT2D eigenvalue weighted by atomic mass is 9.98. The van der Waals surface area contributed by atoms with Crippen LogP contribution in [0.4, 0.5) is 5.69 Å². The summed E-state index contributed by atoms with van der Waals surface area (Å²) in [5, 5.41) is 9.21. The topological polar surface area (TPSA) is 99.2 Å². The van der Waals surface area contributed by atoms with E-state index in [0.717, 1.165) is 53.7 Å². The molecule has 0 saturated carbocycles. The number of unbranched alkanes of at least 4 members (excludes halogenated alkanes) is 1. The van der Waals surface area contributed by atoms with Crippen molar-refractivity contribution >= 4 is 29.3 Å². The maximum atomic E-state index is 13.2. The first-order chi connectivity index (χ1) is 18.3. The quantitative estimate of drug-likeness (QED) is 0.356. The molecular weight excluding hydrogens is 476 g/mol. The van der Waals surface area contributed by atoms with Gasteiger partial charge in [0.05, 0.1) is 5.69 Å². The zero-order valence-electron chi connectivity index (χ0n) is 23.1. The maximum Gasteiger partial charge on any atom is 0.250 e. The number of nitrogens with two attached hydrogens (primary N) is 1. The summed E-state index contributed by atoms with van der Waals surface area (Å²) in [6, 6.07) is 14.1. The van der Waals surface area contributed by atoms with E-state index in [9.17, 15) is 14.7 Å². The van der Waals surface area contributed by atoms with Crippen LogP contribution in [-0.4, -0.2) is 72.8 Å². The Balaban J connectivity index is 1.72. The zero-order valence-corrected chi connectivity index (χ0v) is 23.1. The molecule has 0 aromatic heterocycles. The van der Waals surface area contributed by atoms with Crippen molar-refractivity contribution in [2.45, 2.75) is 51.9 Å². The Bertz CT molecular complexity index is 1150. The highest BCUT2D eigenvalue weighted by molar-refractivity contribution is 6.05. The van der Waals surface area contributed by atoms with E-state index in [1.165, 1.54) is 0 Å². The normalized spacial score (nSPS) is 13.0. The number of Topliss-reactive ketones (excluding diaryl/α,β-unsaturated/α-hetero) is 1. The molecule has 1 aliphatic heterocycles. The molecule has 2 aromatic carbocycles. The van der Waals surface area contributed by atoms with Crippen molar-refractivity contribution < 1.29 is 14.7 Å². The summed E-state index contributed by atoms with van der Waals surface area (Å²) in [7, 11) is 4.10. The van der Waals surface area contributed by atoms with Gasteiger partial charge in [-0.05, 0) is 75.2 Å². The van der Waals surface area contributed by atoms with E-state index < -0.39 is 0 Å². The minimum absolute atomic E-state index is 0.0517. The van der Waals surface area contributed by atoms with Crippen molar-refractivity contribution in [3.8, 4) is 11.1 Å². The Morgan fingerprint density at radius 3 is 2.39 bits per heavy atom. The summed E-state index contributed by atoms with van der Waals surface area (Å²) in [5.74, 6) is 0.620. The van der Waals surface area contributed by atoms with Crippen LogP contribution >= 0.6 is 0 Å². The molecule has 7 heteroatoms. The number of hydrogen-bond donors (Lipinski definition) is 2. The Hall–Kier alpha value is -3.29. The third-order valence-electron chi connectivity index (χ3n) is 6.64. The van der Waals surface area contributed by atoms with E-state index in [1.54, 1.807) is 4.90 Å². The average molecular weight is 519 g/mol. The summed E-state index contributed by atoms with van der Waals surface area (Å²) in [5.41, 5.74) is 11.5. The lowest BCUT2D eigenvalue weighted by Crippen LogP contribution is -2.35. The first-order valence-corrected chi connectivity index (χ1v) is 13.6. The minimum atomic E-state index is -0.0572. The standard InChI is InChI=1S/C31H42N4O3/c1-4-15-35(17-7-18-36)31(38)27-20-26-14-13-25(21-29(26)33-30(32)22-27)24-11-9-23(10-12-24)19-28(37)8-5-6-16-34(2)3/h9-14,20-21,36H,4-8,15-19,22H2,1-3H3,(H2,32,33). The van der Waals surface area contributed by atoms with Gasteiger partial charge in [0.2, 0.25) is 5.91 Å². The molecule has 0 unspecified atom stereocenters. The molecule has 7 nitrogen and oxygen atoms in total. The van der Waals surface area contributed by atoms with Gasteiger partial charge in [0.15, 0.2) is 0 Å². The van der Waals surface area contributed by atoms with Gasteiger partial charge < -0.3 is 20.6 Å². The molecule has 0 bridgehead atoms. The van der Waals surface area contributed by atoms with Crippen LogP contribution in [0, 0.1) is 0 Å². The molecule has 1 amide bonds. The number of benzene rings is 2. The lowest BCUT2D eigenvalue weighted by molar-refractivity contribution is -0.127. The molecule has 3 rings (SSSR count). The minimum Gasteiger partial charge on any atom is -0.396 e. The first-order valence-electron chi connectivity index (χ1n) is 13.6. The highest BCUT2D eigenvalue weighted by atomic mass is 16.3. The molecule has 0 saturated heterocycles. The van der Waals surface area contributed by atoms with Gasteiger partial charge in [0.1, 0.15) is 11.6 Å². The molecule has 0 atom stereocenters. The number of nitrogens with zero attached hydrogens (tertiary/aromatic N) is 3. The fraction of sp³-hybridized carbons (Fsp3) is 0.452. The average Bonchev–Trinajstić information content (AvgIpc) is 3.06. The van der Waals surface area contributed by atoms with Crippen LogP contribution in [0.2, 0.25) is 0 Å². The molecule has 1 heterocycles. The van der Waals surface area contributed by atoms with Gasteiger partial charge in [-0.2, -0.15) is 0 Å². The van der Waals surface area contributed by atoms with E-state index >= 15 is 0 Å². The van der Waals surface area contributed by atoms with Gasteiger partial charge in [-0.15, -0.1) is 0 Å². The third-order valence-corrected chi connectivity index (χ3v) is 6.64. The second-order valence-corrected chi connectivity index (χ2v) is 10.3. The zero-order chi connectivity index (χ0) is 27.5. The van der Waals surface area contributed by atoms with Crippen LogP contribution in [0.5, 0.6) is 0 Å². The number of rotatable bonds is 14. The molecule has 38 heavy (non-hydrogen) atoms. The second kappa shape index (κ2) is 14.6. The third kappa shape index (κ3) is 8.64. The number of amidine groups is 1.